The molecule has 1 aromatic carbocycles. The average Bonchev–Trinajstić information content (AvgIpc) is 2.27. The van der Waals surface area contributed by atoms with Crippen LogP contribution in [0.3, 0.4) is 0 Å². The number of benzene rings is 1. The van der Waals surface area contributed by atoms with E-state index in [4.69, 9.17) is 10.4 Å². The van der Waals surface area contributed by atoms with Gasteiger partial charge in [-0.25, -0.2) is 9.78 Å². The van der Waals surface area contributed by atoms with Crippen molar-refractivity contribution in [2.75, 3.05) is 0 Å². The summed E-state index contributed by atoms with van der Waals surface area (Å²) in [7, 11) is 0. The number of hydrogen-bond acceptors (Lipinski definition) is 3. The second-order valence-electron chi connectivity index (χ2n) is 2.99. The summed E-state index contributed by atoms with van der Waals surface area (Å²) in [6.45, 7) is 0. The zero-order chi connectivity index (χ0) is 10.8. The molecule has 1 heterocycles. The van der Waals surface area contributed by atoms with Crippen LogP contribution in [0.5, 0.6) is 0 Å². The molecule has 0 bridgehead atoms. The van der Waals surface area contributed by atoms with Crippen LogP contribution in [0, 0.1) is 11.3 Å². The summed E-state index contributed by atoms with van der Waals surface area (Å²) in [5.41, 5.74) is 0.511. The second-order valence-corrected chi connectivity index (χ2v) is 2.99. The van der Waals surface area contributed by atoms with Gasteiger partial charge in [0.2, 0.25) is 0 Å². The molecule has 0 aliphatic heterocycles. The van der Waals surface area contributed by atoms with Gasteiger partial charge >= 0.3 is 5.97 Å². The number of nitrogens with zero attached hydrogens (tertiary/aromatic N) is 2. The molecule has 1 N–H and O–H groups in total. The molecule has 0 aliphatic rings. The van der Waals surface area contributed by atoms with Gasteiger partial charge in [0.1, 0.15) is 6.07 Å². The van der Waals surface area contributed by atoms with Gasteiger partial charge in [0.15, 0.2) is 5.69 Å². The van der Waals surface area contributed by atoms with E-state index < -0.39 is 5.97 Å². The van der Waals surface area contributed by atoms with E-state index in [1.54, 1.807) is 30.3 Å². The molecule has 0 unspecified atom stereocenters. The lowest BCUT2D eigenvalue weighted by Gasteiger charge is -2.00. The van der Waals surface area contributed by atoms with Crippen LogP contribution in [0.2, 0.25) is 0 Å². The predicted molar refractivity (Wildman–Crippen MR) is 53.4 cm³/mol. The quantitative estimate of drug-likeness (QED) is 0.758. The van der Waals surface area contributed by atoms with Crippen molar-refractivity contribution in [2.24, 2.45) is 0 Å². The predicted octanol–water partition coefficient (Wildman–Crippen LogP) is 1.80. The standard InChI is InChI=1S/C11H6N2O2/c12-6-10-8(11(14)15)5-7-3-1-2-4-9(7)13-10/h1-5H,(H,14,15). The first kappa shape index (κ1) is 9.16. The fraction of sp³-hybridized carbons (Fsp3) is 0. The van der Waals surface area contributed by atoms with Gasteiger partial charge in [-0.2, -0.15) is 5.26 Å². The molecule has 0 amide bonds. The van der Waals surface area contributed by atoms with E-state index in [0.29, 0.717) is 10.9 Å². The molecule has 0 saturated heterocycles. The van der Waals surface area contributed by atoms with Crippen molar-refractivity contribution < 1.29 is 9.90 Å². The third-order valence-electron chi connectivity index (χ3n) is 2.06. The lowest BCUT2D eigenvalue weighted by molar-refractivity contribution is 0.0696. The van der Waals surface area contributed by atoms with Gasteiger partial charge in [0.05, 0.1) is 11.1 Å². The Morgan fingerprint density at radius 3 is 2.80 bits per heavy atom. The highest BCUT2D eigenvalue weighted by Crippen LogP contribution is 2.16. The molecule has 72 valence electrons. The minimum Gasteiger partial charge on any atom is -0.478 e. The highest BCUT2D eigenvalue weighted by Gasteiger charge is 2.12. The Labute approximate surface area is 85.4 Å². The number of para-hydroxylation sites is 1. The molecule has 0 atom stereocenters. The Balaban J connectivity index is 2.82. The molecule has 4 nitrogen and oxygen atoms in total. The Morgan fingerprint density at radius 1 is 1.40 bits per heavy atom. The summed E-state index contributed by atoms with van der Waals surface area (Å²) in [5.74, 6) is -1.13. The number of aromatic carboxylic acids is 1. The molecule has 0 aliphatic carbocycles. The zero-order valence-electron chi connectivity index (χ0n) is 7.64. The van der Waals surface area contributed by atoms with Crippen molar-refractivity contribution in [1.82, 2.24) is 4.98 Å². The summed E-state index contributed by atoms with van der Waals surface area (Å²) < 4.78 is 0. The van der Waals surface area contributed by atoms with Crippen molar-refractivity contribution in [3.05, 3.63) is 41.6 Å². The lowest BCUT2D eigenvalue weighted by atomic mass is 10.1. The van der Waals surface area contributed by atoms with Crippen LogP contribution < -0.4 is 0 Å². The van der Waals surface area contributed by atoms with E-state index in [2.05, 4.69) is 4.98 Å². The molecule has 2 aromatic rings. The van der Waals surface area contributed by atoms with E-state index in [-0.39, 0.29) is 11.3 Å². The number of aromatic nitrogens is 1. The molecular weight excluding hydrogens is 192 g/mol. The lowest BCUT2D eigenvalue weighted by Crippen LogP contribution is -2.02. The van der Waals surface area contributed by atoms with E-state index in [1.165, 1.54) is 6.07 Å². The van der Waals surface area contributed by atoms with Gasteiger partial charge < -0.3 is 5.11 Å². The van der Waals surface area contributed by atoms with Crippen molar-refractivity contribution in [3.8, 4) is 6.07 Å². The van der Waals surface area contributed by atoms with Gasteiger partial charge in [-0.1, -0.05) is 18.2 Å². The van der Waals surface area contributed by atoms with Crippen molar-refractivity contribution in [2.45, 2.75) is 0 Å². The third kappa shape index (κ3) is 1.51. The minimum atomic E-state index is -1.13. The molecule has 0 radical (unpaired) electrons. The molecule has 4 heteroatoms. The maximum absolute atomic E-state index is 10.8. The van der Waals surface area contributed by atoms with Gasteiger partial charge in [-0.3, -0.25) is 0 Å². The largest absolute Gasteiger partial charge is 0.478 e. The van der Waals surface area contributed by atoms with Gasteiger partial charge in [-0.05, 0) is 12.1 Å². The van der Waals surface area contributed by atoms with E-state index in [0.717, 1.165) is 0 Å². The molecule has 1 aromatic heterocycles. The van der Waals surface area contributed by atoms with E-state index in [9.17, 15) is 4.79 Å². The molecular formula is C11H6N2O2. The number of fused-ring (bicyclic) bond motifs is 1. The van der Waals surface area contributed by atoms with Crippen LogP contribution in [0.4, 0.5) is 0 Å². The summed E-state index contributed by atoms with van der Waals surface area (Å²) in [6.07, 6.45) is 0. The molecule has 2 rings (SSSR count). The number of carboxylic acids is 1. The molecule has 0 spiro atoms. The maximum Gasteiger partial charge on any atom is 0.338 e. The topological polar surface area (TPSA) is 74.0 Å². The van der Waals surface area contributed by atoms with Gasteiger partial charge in [0.25, 0.3) is 0 Å². The van der Waals surface area contributed by atoms with Crippen LogP contribution in [-0.4, -0.2) is 16.1 Å². The van der Waals surface area contributed by atoms with E-state index in [1.807, 2.05) is 0 Å². The molecule has 15 heavy (non-hydrogen) atoms. The van der Waals surface area contributed by atoms with Gasteiger partial charge in [-0.15, -0.1) is 0 Å². The Hall–Kier alpha value is -2.41. The molecule has 0 saturated carbocycles. The fourth-order valence-corrected chi connectivity index (χ4v) is 1.36. The monoisotopic (exact) mass is 198 g/mol. The highest BCUT2D eigenvalue weighted by molar-refractivity contribution is 5.94. The van der Waals surface area contributed by atoms with Crippen molar-refractivity contribution >= 4 is 16.9 Å². The maximum atomic E-state index is 10.8. The van der Waals surface area contributed by atoms with E-state index >= 15 is 0 Å². The third-order valence-corrected chi connectivity index (χ3v) is 2.06. The normalized spacial score (nSPS) is 9.80. The first-order valence-electron chi connectivity index (χ1n) is 4.25. The zero-order valence-corrected chi connectivity index (χ0v) is 7.64. The first-order valence-corrected chi connectivity index (χ1v) is 4.25. The Morgan fingerprint density at radius 2 is 2.13 bits per heavy atom. The Kier molecular flexibility index (Phi) is 2.07. The minimum absolute atomic E-state index is 0.0544. The number of rotatable bonds is 1. The van der Waals surface area contributed by atoms with Crippen molar-refractivity contribution in [1.29, 1.82) is 5.26 Å². The summed E-state index contributed by atoms with van der Waals surface area (Å²) in [5, 5.41) is 18.3. The molecule has 0 fully saturated rings. The van der Waals surface area contributed by atoms with Crippen LogP contribution in [0.25, 0.3) is 10.9 Å². The van der Waals surface area contributed by atoms with Crippen LogP contribution >= 0.6 is 0 Å². The summed E-state index contributed by atoms with van der Waals surface area (Å²) in [6, 6.07) is 10.3. The van der Waals surface area contributed by atoms with Crippen LogP contribution in [0.15, 0.2) is 30.3 Å². The van der Waals surface area contributed by atoms with Crippen LogP contribution in [-0.2, 0) is 0 Å². The number of nitriles is 1. The highest BCUT2D eigenvalue weighted by atomic mass is 16.4. The SMILES string of the molecule is N#Cc1nc2ccccc2cc1C(=O)O. The average molecular weight is 198 g/mol. The number of carboxylic acid groups (broad SMARTS) is 1. The number of hydrogen-bond donors (Lipinski definition) is 1. The summed E-state index contributed by atoms with van der Waals surface area (Å²) in [4.78, 5) is 14.8. The number of carbonyl (C=O) groups is 1. The smallest absolute Gasteiger partial charge is 0.338 e. The van der Waals surface area contributed by atoms with Crippen LogP contribution in [0.1, 0.15) is 16.1 Å². The number of pyridine rings is 1. The fourth-order valence-electron chi connectivity index (χ4n) is 1.36. The Bertz CT molecular complexity index is 585. The first-order chi connectivity index (χ1) is 7.22. The van der Waals surface area contributed by atoms with Gasteiger partial charge in [0, 0.05) is 5.39 Å². The summed E-state index contributed by atoms with van der Waals surface area (Å²) >= 11 is 0. The van der Waals surface area contributed by atoms with Crippen molar-refractivity contribution in [3.63, 3.8) is 0 Å². The second kappa shape index (κ2) is 3.39.